The topological polar surface area (TPSA) is 98.0 Å². The lowest BCUT2D eigenvalue weighted by Gasteiger charge is -2.10. The molecule has 0 aliphatic heterocycles. The van der Waals surface area contributed by atoms with E-state index in [2.05, 4.69) is 14.7 Å². The van der Waals surface area contributed by atoms with Crippen molar-refractivity contribution in [2.75, 3.05) is 10.5 Å². The number of hydrogen-bond acceptors (Lipinski definition) is 5. The number of para-hydroxylation sites is 1. The minimum absolute atomic E-state index is 0.0464. The van der Waals surface area contributed by atoms with Gasteiger partial charge in [0.05, 0.1) is 5.69 Å². The lowest BCUT2D eigenvalue weighted by Crippen LogP contribution is -2.16. The summed E-state index contributed by atoms with van der Waals surface area (Å²) in [6, 6.07) is 4.58. The molecule has 1 aromatic carbocycles. The molecular formula is C10H7Cl2FN4O2S. The van der Waals surface area contributed by atoms with Crippen molar-refractivity contribution in [3.8, 4) is 0 Å². The fourth-order valence-corrected chi connectivity index (χ4v) is 2.93. The Balaban J connectivity index is 2.43. The first kappa shape index (κ1) is 14.8. The van der Waals surface area contributed by atoms with E-state index in [-0.39, 0.29) is 16.3 Å². The third kappa shape index (κ3) is 3.09. The van der Waals surface area contributed by atoms with Crippen LogP contribution in [-0.4, -0.2) is 18.4 Å². The lowest BCUT2D eigenvalue weighted by atomic mass is 10.3. The summed E-state index contributed by atoms with van der Waals surface area (Å²) in [5.74, 6) is -0.995. The van der Waals surface area contributed by atoms with Gasteiger partial charge >= 0.3 is 0 Å². The summed E-state index contributed by atoms with van der Waals surface area (Å²) >= 11 is 11.2. The molecule has 2 rings (SSSR count). The number of nitrogen functional groups attached to an aromatic ring is 1. The molecule has 0 amide bonds. The van der Waals surface area contributed by atoms with Gasteiger partial charge in [-0.05, 0) is 23.7 Å². The zero-order chi connectivity index (χ0) is 14.9. The summed E-state index contributed by atoms with van der Waals surface area (Å²) in [5.41, 5.74) is 4.91. The van der Waals surface area contributed by atoms with Crippen molar-refractivity contribution in [1.82, 2.24) is 9.97 Å². The van der Waals surface area contributed by atoms with Crippen molar-refractivity contribution in [3.63, 3.8) is 0 Å². The second-order valence-electron chi connectivity index (χ2n) is 3.60. The third-order valence-corrected chi connectivity index (χ3v) is 3.98. The molecule has 3 N–H and O–H groups in total. The molecule has 1 heterocycles. The third-order valence-electron chi connectivity index (χ3n) is 2.21. The zero-order valence-electron chi connectivity index (χ0n) is 9.64. The molecule has 0 atom stereocenters. The van der Waals surface area contributed by atoms with Crippen molar-refractivity contribution < 1.29 is 12.8 Å². The first-order chi connectivity index (χ1) is 9.29. The number of rotatable bonds is 3. The van der Waals surface area contributed by atoms with Crippen molar-refractivity contribution in [1.29, 1.82) is 0 Å². The average molecular weight is 337 g/mol. The van der Waals surface area contributed by atoms with Crippen molar-refractivity contribution in [2.45, 2.75) is 4.90 Å². The van der Waals surface area contributed by atoms with Crippen LogP contribution in [0, 0.1) is 5.82 Å². The summed E-state index contributed by atoms with van der Waals surface area (Å²) in [7, 11) is -4.12. The number of sulfonamides is 1. The maximum Gasteiger partial charge on any atom is 0.265 e. The molecule has 10 heteroatoms. The second-order valence-corrected chi connectivity index (χ2v) is 5.98. The van der Waals surface area contributed by atoms with Crippen molar-refractivity contribution in [3.05, 3.63) is 40.5 Å². The highest BCUT2D eigenvalue weighted by atomic mass is 35.5. The fourth-order valence-electron chi connectivity index (χ4n) is 1.39. The molecule has 0 saturated carbocycles. The molecule has 0 unspecified atom stereocenters. The molecule has 0 saturated heterocycles. The monoisotopic (exact) mass is 336 g/mol. The number of aromatic nitrogens is 2. The zero-order valence-corrected chi connectivity index (χ0v) is 12.0. The van der Waals surface area contributed by atoms with Gasteiger partial charge in [0.15, 0.2) is 0 Å². The van der Waals surface area contributed by atoms with Crippen LogP contribution >= 0.6 is 23.2 Å². The number of halogens is 3. The number of hydrogen-bond donors (Lipinski definition) is 2. The largest absolute Gasteiger partial charge is 0.395 e. The SMILES string of the molecule is Nc1c(F)cccc1S(=O)(=O)Nc1cc(Cl)nc(Cl)n1. The van der Waals surface area contributed by atoms with Crippen LogP contribution in [0.3, 0.4) is 0 Å². The van der Waals surface area contributed by atoms with Gasteiger partial charge in [-0.1, -0.05) is 17.7 Å². The highest BCUT2D eigenvalue weighted by Crippen LogP contribution is 2.24. The highest BCUT2D eigenvalue weighted by molar-refractivity contribution is 7.92. The lowest BCUT2D eigenvalue weighted by molar-refractivity contribution is 0.597. The molecule has 106 valence electrons. The molecule has 0 radical (unpaired) electrons. The number of nitrogens with one attached hydrogen (secondary N) is 1. The molecule has 2 aromatic rings. The van der Waals surface area contributed by atoms with Gasteiger partial charge in [0.1, 0.15) is 21.7 Å². The van der Waals surface area contributed by atoms with Crippen LogP contribution in [0.1, 0.15) is 0 Å². The van der Waals surface area contributed by atoms with Gasteiger partial charge in [-0.15, -0.1) is 0 Å². The van der Waals surface area contributed by atoms with Crippen LogP contribution in [-0.2, 0) is 10.0 Å². The molecule has 0 aliphatic rings. The van der Waals surface area contributed by atoms with Gasteiger partial charge in [-0.2, -0.15) is 4.98 Å². The Bertz CT molecular complexity index is 750. The normalized spacial score (nSPS) is 11.3. The number of benzene rings is 1. The van der Waals surface area contributed by atoms with E-state index >= 15 is 0 Å². The molecule has 20 heavy (non-hydrogen) atoms. The summed E-state index contributed by atoms with van der Waals surface area (Å²) < 4.78 is 39.6. The average Bonchev–Trinajstić information content (AvgIpc) is 2.30. The van der Waals surface area contributed by atoms with Crippen LogP contribution < -0.4 is 10.5 Å². The van der Waals surface area contributed by atoms with Crippen LogP contribution in [0.5, 0.6) is 0 Å². The predicted octanol–water partition coefficient (Wildman–Crippen LogP) is 2.31. The van der Waals surface area contributed by atoms with Crippen LogP contribution in [0.2, 0.25) is 10.4 Å². The minimum Gasteiger partial charge on any atom is -0.395 e. The van der Waals surface area contributed by atoms with Crippen molar-refractivity contribution in [2.24, 2.45) is 0 Å². The molecule has 6 nitrogen and oxygen atoms in total. The van der Waals surface area contributed by atoms with Gasteiger partial charge in [0.25, 0.3) is 10.0 Å². The van der Waals surface area contributed by atoms with E-state index in [1.54, 1.807) is 0 Å². The minimum atomic E-state index is -4.12. The van der Waals surface area contributed by atoms with Crippen LogP contribution in [0.25, 0.3) is 0 Å². The first-order valence-electron chi connectivity index (χ1n) is 5.06. The van der Waals surface area contributed by atoms with E-state index < -0.39 is 26.4 Å². The van der Waals surface area contributed by atoms with Crippen molar-refractivity contribution >= 4 is 44.7 Å². The highest BCUT2D eigenvalue weighted by Gasteiger charge is 2.20. The quantitative estimate of drug-likeness (QED) is 0.509. The van der Waals surface area contributed by atoms with Crippen LogP contribution in [0.4, 0.5) is 15.9 Å². The van der Waals surface area contributed by atoms with Gasteiger partial charge in [0.2, 0.25) is 5.28 Å². The smallest absolute Gasteiger partial charge is 0.265 e. The second kappa shape index (κ2) is 5.39. The molecule has 0 spiro atoms. The molecule has 0 aliphatic carbocycles. The standard InChI is InChI=1S/C10H7Cl2FN4O2S/c11-7-4-8(16-10(12)15-7)17-20(18,19)6-3-1-2-5(13)9(6)14/h1-4H,14H2,(H,15,16,17). The Morgan fingerprint density at radius 3 is 2.60 bits per heavy atom. The van der Waals surface area contributed by atoms with E-state index in [1.807, 2.05) is 0 Å². The van der Waals surface area contributed by atoms with Gasteiger partial charge in [-0.3, -0.25) is 4.72 Å². The Hall–Kier alpha value is -1.64. The summed E-state index contributed by atoms with van der Waals surface area (Å²) in [5, 5.41) is -0.280. The molecule has 0 fully saturated rings. The van der Waals surface area contributed by atoms with Gasteiger partial charge in [0, 0.05) is 6.07 Å². The van der Waals surface area contributed by atoms with E-state index in [4.69, 9.17) is 28.9 Å². The molecule has 1 aromatic heterocycles. The predicted molar refractivity (Wildman–Crippen MR) is 73.7 cm³/mol. The number of nitrogens with zero attached hydrogens (tertiary/aromatic N) is 2. The first-order valence-corrected chi connectivity index (χ1v) is 7.30. The Kier molecular flexibility index (Phi) is 3.98. The summed E-state index contributed by atoms with van der Waals surface area (Å²) in [4.78, 5) is 6.80. The Labute approximate surface area is 123 Å². The van der Waals surface area contributed by atoms with Crippen LogP contribution in [0.15, 0.2) is 29.2 Å². The number of anilines is 2. The Morgan fingerprint density at radius 1 is 1.25 bits per heavy atom. The van der Waals surface area contributed by atoms with E-state index in [1.165, 1.54) is 6.07 Å². The Morgan fingerprint density at radius 2 is 1.95 bits per heavy atom. The maximum absolute atomic E-state index is 13.3. The molecule has 0 bridgehead atoms. The summed E-state index contributed by atoms with van der Waals surface area (Å²) in [6.07, 6.45) is 0. The fraction of sp³-hybridized carbons (Fsp3) is 0. The van der Waals surface area contributed by atoms with E-state index in [0.29, 0.717) is 0 Å². The van der Waals surface area contributed by atoms with E-state index in [9.17, 15) is 12.8 Å². The maximum atomic E-state index is 13.3. The molecular weight excluding hydrogens is 330 g/mol. The van der Waals surface area contributed by atoms with Gasteiger partial charge in [-0.25, -0.2) is 17.8 Å². The van der Waals surface area contributed by atoms with E-state index in [0.717, 1.165) is 18.2 Å². The van der Waals surface area contributed by atoms with Gasteiger partial charge < -0.3 is 5.73 Å². The summed E-state index contributed by atoms with van der Waals surface area (Å²) in [6.45, 7) is 0. The number of nitrogens with two attached hydrogens (primary N) is 1.